The molecule has 2 aliphatic rings. The molecule has 4 rings (SSSR count). The molecule has 1 aromatic carbocycles. The normalized spacial score (nSPS) is 20.8. The van der Waals surface area contributed by atoms with E-state index in [1.54, 1.807) is 7.11 Å². The molecule has 124 valence electrons. The van der Waals surface area contributed by atoms with Gasteiger partial charge in [-0.2, -0.15) is 0 Å². The van der Waals surface area contributed by atoms with Gasteiger partial charge in [0.2, 0.25) is 0 Å². The zero-order valence-corrected chi connectivity index (χ0v) is 14.3. The minimum atomic E-state index is 0.792. The summed E-state index contributed by atoms with van der Waals surface area (Å²) in [4.78, 5) is 8.86. The second-order valence-electron chi connectivity index (χ2n) is 7.08. The van der Waals surface area contributed by atoms with Gasteiger partial charge in [-0.3, -0.25) is 9.80 Å². The largest absolute Gasteiger partial charge is 0.497 e. The number of nitrogens with zero attached hydrogens (tertiary/aromatic N) is 2. The van der Waals surface area contributed by atoms with E-state index in [4.69, 9.17) is 4.74 Å². The van der Waals surface area contributed by atoms with E-state index in [1.807, 2.05) is 6.07 Å². The summed E-state index contributed by atoms with van der Waals surface area (Å²) < 4.78 is 5.35. The van der Waals surface area contributed by atoms with Gasteiger partial charge in [0, 0.05) is 42.3 Å². The number of H-pyrrole nitrogens is 1. The molecule has 0 unspecified atom stereocenters. The summed E-state index contributed by atoms with van der Waals surface area (Å²) in [6.45, 7) is 8.31. The monoisotopic (exact) mass is 313 g/mol. The Morgan fingerprint density at radius 2 is 1.96 bits per heavy atom. The number of benzene rings is 1. The number of hydrogen-bond donors (Lipinski definition) is 1. The van der Waals surface area contributed by atoms with Crippen LogP contribution in [0.5, 0.6) is 5.75 Å². The Morgan fingerprint density at radius 3 is 2.70 bits per heavy atom. The lowest BCUT2D eigenvalue weighted by molar-refractivity contribution is 0.0179. The Labute approximate surface area is 138 Å². The Bertz CT molecular complexity index is 681. The van der Waals surface area contributed by atoms with Crippen molar-refractivity contribution in [2.45, 2.75) is 38.8 Å². The van der Waals surface area contributed by atoms with Crippen LogP contribution in [0, 0.1) is 6.92 Å². The fraction of sp³-hybridized carbons (Fsp3) is 0.579. The minimum absolute atomic E-state index is 0.792. The molecule has 3 heterocycles. The zero-order valence-electron chi connectivity index (χ0n) is 14.3. The number of fused-ring (bicyclic) bond motifs is 1. The fourth-order valence-electron chi connectivity index (χ4n) is 4.06. The van der Waals surface area contributed by atoms with Crippen molar-refractivity contribution in [2.75, 3.05) is 33.3 Å². The lowest BCUT2D eigenvalue weighted by Gasteiger charge is -2.46. The first-order valence-electron chi connectivity index (χ1n) is 8.86. The standard InChI is InChI=1S/C19H27N3O/c1-14-17-10-16(23-2)6-7-18(17)20-19(14)13-21-11-15(12-21)22-8-4-3-5-9-22/h6-7,10,15,20H,3-5,8-9,11-13H2,1-2H3. The molecule has 4 heteroatoms. The lowest BCUT2D eigenvalue weighted by Crippen LogP contribution is -2.59. The number of ether oxygens (including phenoxy) is 1. The Morgan fingerprint density at radius 1 is 1.17 bits per heavy atom. The van der Waals surface area contributed by atoms with Crippen LogP contribution >= 0.6 is 0 Å². The molecule has 2 aliphatic heterocycles. The Balaban J connectivity index is 1.42. The third-order valence-electron chi connectivity index (χ3n) is 5.60. The molecule has 0 aliphatic carbocycles. The first kappa shape index (κ1) is 15.0. The van der Waals surface area contributed by atoms with E-state index in [2.05, 4.69) is 33.8 Å². The molecule has 23 heavy (non-hydrogen) atoms. The first-order chi connectivity index (χ1) is 11.2. The third kappa shape index (κ3) is 2.86. The van der Waals surface area contributed by atoms with Gasteiger partial charge in [-0.05, 0) is 56.6 Å². The summed E-state index contributed by atoms with van der Waals surface area (Å²) in [5.74, 6) is 0.931. The van der Waals surface area contributed by atoms with Gasteiger partial charge in [0.05, 0.1) is 7.11 Å². The summed E-state index contributed by atoms with van der Waals surface area (Å²) in [7, 11) is 1.73. The molecule has 1 N–H and O–H groups in total. The molecule has 2 fully saturated rings. The van der Waals surface area contributed by atoms with Crippen molar-refractivity contribution in [3.05, 3.63) is 29.5 Å². The van der Waals surface area contributed by atoms with Crippen LogP contribution in [0.4, 0.5) is 0 Å². The molecule has 2 saturated heterocycles. The molecule has 1 aromatic heterocycles. The molecule has 0 atom stereocenters. The molecular formula is C19H27N3O. The van der Waals surface area contributed by atoms with Crippen LogP contribution < -0.4 is 4.74 Å². The lowest BCUT2D eigenvalue weighted by atomic mass is 10.0. The first-order valence-corrected chi connectivity index (χ1v) is 8.86. The van der Waals surface area contributed by atoms with Crippen LogP contribution in [-0.2, 0) is 6.54 Å². The third-order valence-corrected chi connectivity index (χ3v) is 5.60. The second kappa shape index (κ2) is 6.17. The van der Waals surface area contributed by atoms with Crippen molar-refractivity contribution in [3.8, 4) is 5.75 Å². The molecule has 0 amide bonds. The van der Waals surface area contributed by atoms with Gasteiger partial charge in [0.15, 0.2) is 0 Å². The number of aromatic nitrogens is 1. The van der Waals surface area contributed by atoms with Crippen LogP contribution in [-0.4, -0.2) is 54.1 Å². The van der Waals surface area contributed by atoms with E-state index >= 15 is 0 Å². The highest BCUT2D eigenvalue weighted by atomic mass is 16.5. The predicted molar refractivity (Wildman–Crippen MR) is 94.1 cm³/mol. The average Bonchev–Trinajstić information content (AvgIpc) is 2.87. The fourth-order valence-corrected chi connectivity index (χ4v) is 4.06. The number of methoxy groups -OCH3 is 1. The molecule has 0 radical (unpaired) electrons. The summed E-state index contributed by atoms with van der Waals surface area (Å²) >= 11 is 0. The average molecular weight is 313 g/mol. The van der Waals surface area contributed by atoms with Crippen molar-refractivity contribution < 1.29 is 4.74 Å². The summed E-state index contributed by atoms with van der Waals surface area (Å²) in [6.07, 6.45) is 4.20. The SMILES string of the molecule is COc1ccc2[nH]c(CN3CC(N4CCCCC4)C3)c(C)c2c1. The van der Waals surface area contributed by atoms with Crippen LogP contribution in [0.3, 0.4) is 0 Å². The van der Waals surface area contributed by atoms with E-state index in [9.17, 15) is 0 Å². The summed E-state index contributed by atoms with van der Waals surface area (Å²) in [6, 6.07) is 7.08. The Kier molecular flexibility index (Phi) is 4.04. The topological polar surface area (TPSA) is 31.5 Å². The van der Waals surface area contributed by atoms with Gasteiger partial charge >= 0.3 is 0 Å². The maximum atomic E-state index is 5.35. The predicted octanol–water partition coefficient (Wildman–Crippen LogP) is 3.16. The van der Waals surface area contributed by atoms with E-state index in [0.29, 0.717) is 0 Å². The maximum Gasteiger partial charge on any atom is 0.119 e. The highest BCUT2D eigenvalue weighted by Crippen LogP contribution is 2.28. The highest BCUT2D eigenvalue weighted by Gasteiger charge is 2.32. The van der Waals surface area contributed by atoms with E-state index in [-0.39, 0.29) is 0 Å². The van der Waals surface area contributed by atoms with Crippen LogP contribution in [0.1, 0.15) is 30.5 Å². The van der Waals surface area contributed by atoms with Crippen LogP contribution in [0.15, 0.2) is 18.2 Å². The van der Waals surface area contributed by atoms with E-state index < -0.39 is 0 Å². The van der Waals surface area contributed by atoms with Crippen molar-refractivity contribution in [2.24, 2.45) is 0 Å². The van der Waals surface area contributed by atoms with Gasteiger partial charge in [0.1, 0.15) is 5.75 Å². The van der Waals surface area contributed by atoms with Crippen molar-refractivity contribution in [3.63, 3.8) is 0 Å². The smallest absolute Gasteiger partial charge is 0.119 e. The van der Waals surface area contributed by atoms with Gasteiger partial charge in [0.25, 0.3) is 0 Å². The number of hydrogen-bond acceptors (Lipinski definition) is 3. The van der Waals surface area contributed by atoms with Gasteiger partial charge in [-0.1, -0.05) is 6.42 Å². The molecule has 0 bridgehead atoms. The number of likely N-dealkylation sites (tertiary alicyclic amines) is 2. The van der Waals surface area contributed by atoms with Crippen LogP contribution in [0.25, 0.3) is 10.9 Å². The van der Waals surface area contributed by atoms with Gasteiger partial charge < -0.3 is 9.72 Å². The molecule has 0 saturated carbocycles. The minimum Gasteiger partial charge on any atom is -0.497 e. The number of nitrogens with one attached hydrogen (secondary N) is 1. The number of rotatable bonds is 4. The molecule has 4 nitrogen and oxygen atoms in total. The van der Waals surface area contributed by atoms with Gasteiger partial charge in [-0.25, -0.2) is 0 Å². The van der Waals surface area contributed by atoms with Gasteiger partial charge in [-0.15, -0.1) is 0 Å². The maximum absolute atomic E-state index is 5.35. The van der Waals surface area contributed by atoms with E-state index in [0.717, 1.165) is 18.3 Å². The molecule has 2 aromatic rings. The zero-order chi connectivity index (χ0) is 15.8. The quantitative estimate of drug-likeness (QED) is 0.941. The van der Waals surface area contributed by atoms with Crippen LogP contribution in [0.2, 0.25) is 0 Å². The van der Waals surface area contributed by atoms with Crippen molar-refractivity contribution >= 4 is 10.9 Å². The summed E-state index contributed by atoms with van der Waals surface area (Å²) in [5, 5.41) is 1.28. The second-order valence-corrected chi connectivity index (χ2v) is 7.08. The molecular weight excluding hydrogens is 286 g/mol. The number of aryl methyl sites for hydroxylation is 1. The summed E-state index contributed by atoms with van der Waals surface area (Å²) in [5.41, 5.74) is 3.93. The van der Waals surface area contributed by atoms with Crippen molar-refractivity contribution in [1.29, 1.82) is 0 Å². The Hall–Kier alpha value is -1.52. The molecule has 0 spiro atoms. The number of piperidine rings is 1. The van der Waals surface area contributed by atoms with E-state index in [1.165, 1.54) is 67.6 Å². The van der Waals surface area contributed by atoms with Crippen molar-refractivity contribution in [1.82, 2.24) is 14.8 Å². The number of aromatic amines is 1. The highest BCUT2D eigenvalue weighted by molar-refractivity contribution is 5.85.